The van der Waals surface area contributed by atoms with Gasteiger partial charge in [-0.3, -0.25) is 0 Å². The van der Waals surface area contributed by atoms with Crippen molar-refractivity contribution in [1.82, 2.24) is 20.2 Å². The number of rotatable bonds is 5. The second-order valence-corrected chi connectivity index (χ2v) is 7.08. The number of aryl methyl sites for hydroxylation is 1. The third-order valence-corrected chi connectivity index (χ3v) is 4.82. The zero-order valence-corrected chi connectivity index (χ0v) is 12.4. The summed E-state index contributed by atoms with van der Waals surface area (Å²) in [5.41, 5.74) is 6.78. The van der Waals surface area contributed by atoms with E-state index in [0.29, 0.717) is 22.1 Å². The first-order chi connectivity index (χ1) is 9.43. The molecule has 20 heavy (non-hydrogen) atoms. The van der Waals surface area contributed by atoms with Crippen LogP contribution in [0.1, 0.15) is 6.92 Å². The van der Waals surface area contributed by atoms with Gasteiger partial charge in [-0.05, 0) is 28.6 Å². The van der Waals surface area contributed by atoms with E-state index >= 15 is 0 Å². The van der Waals surface area contributed by atoms with Gasteiger partial charge in [0.25, 0.3) is 0 Å². The Bertz CT molecular complexity index is 713. The number of nitrogens with zero attached hydrogens (tertiary/aromatic N) is 4. The van der Waals surface area contributed by atoms with Crippen molar-refractivity contribution >= 4 is 27.1 Å². The first kappa shape index (κ1) is 14.7. The van der Waals surface area contributed by atoms with Crippen LogP contribution < -0.4 is 5.73 Å². The minimum Gasteiger partial charge on any atom is -0.399 e. The van der Waals surface area contributed by atoms with E-state index in [0.717, 1.165) is 0 Å². The molecule has 0 spiro atoms. The Balaban J connectivity index is 2.29. The lowest BCUT2D eigenvalue weighted by Crippen LogP contribution is -2.16. The summed E-state index contributed by atoms with van der Waals surface area (Å²) in [6.45, 7) is 1.78. The van der Waals surface area contributed by atoms with Gasteiger partial charge in [-0.1, -0.05) is 18.5 Å². The van der Waals surface area contributed by atoms with Gasteiger partial charge in [0.2, 0.25) is 0 Å². The van der Waals surface area contributed by atoms with Gasteiger partial charge in [-0.2, -0.15) is 0 Å². The van der Waals surface area contributed by atoms with Crippen LogP contribution in [0.3, 0.4) is 0 Å². The molecule has 0 aliphatic rings. The lowest BCUT2D eigenvalue weighted by atomic mass is 10.2. The number of tetrazole rings is 1. The Hall–Kier alpha value is -1.67. The molecule has 0 radical (unpaired) electrons. The Kier molecular flexibility index (Phi) is 4.24. The van der Waals surface area contributed by atoms with E-state index in [-0.39, 0.29) is 18.1 Å². The van der Waals surface area contributed by atoms with E-state index in [4.69, 9.17) is 17.3 Å². The molecule has 7 nitrogen and oxygen atoms in total. The Labute approximate surface area is 121 Å². The first-order valence-electron chi connectivity index (χ1n) is 5.95. The Morgan fingerprint density at radius 1 is 1.40 bits per heavy atom. The van der Waals surface area contributed by atoms with Crippen LogP contribution in [-0.2, 0) is 16.4 Å². The van der Waals surface area contributed by atoms with Crippen LogP contribution in [0.25, 0.3) is 11.4 Å². The van der Waals surface area contributed by atoms with E-state index < -0.39 is 9.84 Å². The van der Waals surface area contributed by atoms with Crippen LogP contribution in [0.15, 0.2) is 18.2 Å². The van der Waals surface area contributed by atoms with E-state index in [2.05, 4.69) is 15.5 Å². The SMILES string of the molecule is CCS(=O)(=O)CCn1nnnc1-c1ccc(N)cc1Cl. The fraction of sp³-hybridized carbons (Fsp3) is 0.364. The number of hydrogen-bond donors (Lipinski definition) is 1. The number of hydrogen-bond acceptors (Lipinski definition) is 6. The number of halogens is 1. The quantitative estimate of drug-likeness (QED) is 0.826. The molecule has 0 aliphatic heterocycles. The van der Waals surface area contributed by atoms with Crippen LogP contribution in [-0.4, -0.2) is 40.1 Å². The topological polar surface area (TPSA) is 104 Å². The number of aromatic nitrogens is 4. The number of benzene rings is 1. The zero-order valence-electron chi connectivity index (χ0n) is 10.8. The third-order valence-electron chi connectivity index (χ3n) is 2.82. The monoisotopic (exact) mass is 315 g/mol. The van der Waals surface area contributed by atoms with Crippen molar-refractivity contribution in [2.75, 3.05) is 17.2 Å². The molecule has 1 aromatic heterocycles. The van der Waals surface area contributed by atoms with Gasteiger partial charge in [0.1, 0.15) is 0 Å². The van der Waals surface area contributed by atoms with E-state index in [1.165, 1.54) is 4.68 Å². The number of nitrogens with two attached hydrogens (primary N) is 1. The summed E-state index contributed by atoms with van der Waals surface area (Å²) in [5, 5.41) is 11.7. The van der Waals surface area contributed by atoms with Crippen molar-refractivity contribution in [1.29, 1.82) is 0 Å². The van der Waals surface area contributed by atoms with Crippen molar-refractivity contribution in [2.45, 2.75) is 13.5 Å². The molecule has 0 atom stereocenters. The minimum atomic E-state index is -3.08. The summed E-state index contributed by atoms with van der Waals surface area (Å²) in [7, 11) is -3.08. The molecule has 0 saturated carbocycles. The molecule has 1 heterocycles. The van der Waals surface area contributed by atoms with E-state index in [1.807, 2.05) is 0 Å². The van der Waals surface area contributed by atoms with Crippen LogP contribution in [0.2, 0.25) is 5.02 Å². The molecule has 2 aromatic rings. The zero-order chi connectivity index (χ0) is 14.8. The molecule has 0 aliphatic carbocycles. The average molecular weight is 316 g/mol. The molecule has 0 fully saturated rings. The molecule has 0 amide bonds. The van der Waals surface area contributed by atoms with Crippen molar-refractivity contribution < 1.29 is 8.42 Å². The van der Waals surface area contributed by atoms with Crippen LogP contribution in [0.4, 0.5) is 5.69 Å². The summed E-state index contributed by atoms with van der Waals surface area (Å²) in [5.74, 6) is 0.489. The molecule has 1 aromatic carbocycles. The second kappa shape index (κ2) is 5.76. The maximum Gasteiger partial charge on any atom is 0.183 e. The Morgan fingerprint density at radius 3 is 2.80 bits per heavy atom. The van der Waals surface area contributed by atoms with Gasteiger partial charge < -0.3 is 5.73 Å². The predicted molar refractivity (Wildman–Crippen MR) is 77.0 cm³/mol. The highest BCUT2D eigenvalue weighted by molar-refractivity contribution is 7.91. The predicted octanol–water partition coefficient (Wildman–Crippen LogP) is 1.01. The highest BCUT2D eigenvalue weighted by Gasteiger charge is 2.15. The summed E-state index contributed by atoms with van der Waals surface area (Å²) < 4.78 is 24.5. The first-order valence-corrected chi connectivity index (χ1v) is 8.15. The summed E-state index contributed by atoms with van der Waals surface area (Å²) in [4.78, 5) is 0. The number of nitrogen functional groups attached to an aromatic ring is 1. The van der Waals surface area contributed by atoms with Gasteiger partial charge in [0.05, 0.1) is 17.3 Å². The van der Waals surface area contributed by atoms with Crippen molar-refractivity contribution in [3.05, 3.63) is 23.2 Å². The molecule has 108 valence electrons. The molecule has 2 rings (SSSR count). The number of anilines is 1. The summed E-state index contributed by atoms with van der Waals surface area (Å²) >= 11 is 6.10. The van der Waals surface area contributed by atoms with Crippen molar-refractivity contribution in [3.8, 4) is 11.4 Å². The highest BCUT2D eigenvalue weighted by Crippen LogP contribution is 2.27. The van der Waals surface area contributed by atoms with Crippen LogP contribution >= 0.6 is 11.6 Å². The van der Waals surface area contributed by atoms with Crippen LogP contribution in [0.5, 0.6) is 0 Å². The molecule has 0 unspecified atom stereocenters. The standard InChI is InChI=1S/C11H14ClN5O2S/c1-2-20(18,19)6-5-17-11(14-15-16-17)9-4-3-8(13)7-10(9)12/h3-4,7H,2,5-6,13H2,1H3. The third kappa shape index (κ3) is 3.26. The second-order valence-electron chi connectivity index (χ2n) is 4.20. The fourth-order valence-corrected chi connectivity index (χ4v) is 2.64. The highest BCUT2D eigenvalue weighted by atomic mass is 35.5. The lowest BCUT2D eigenvalue weighted by molar-refractivity contribution is 0.577. The fourth-order valence-electron chi connectivity index (χ4n) is 1.63. The number of sulfone groups is 1. The molecular formula is C11H14ClN5O2S. The summed E-state index contributed by atoms with van der Waals surface area (Å²) in [6, 6.07) is 4.98. The maximum absolute atomic E-state index is 11.5. The normalized spacial score (nSPS) is 11.7. The Morgan fingerprint density at radius 2 is 2.15 bits per heavy atom. The maximum atomic E-state index is 11.5. The van der Waals surface area contributed by atoms with Gasteiger partial charge >= 0.3 is 0 Å². The van der Waals surface area contributed by atoms with Crippen molar-refractivity contribution in [3.63, 3.8) is 0 Å². The molecule has 0 saturated heterocycles. The van der Waals surface area contributed by atoms with Crippen LogP contribution in [0, 0.1) is 0 Å². The minimum absolute atomic E-state index is 0.0197. The molecule has 2 N–H and O–H groups in total. The lowest BCUT2D eigenvalue weighted by Gasteiger charge is -2.06. The van der Waals surface area contributed by atoms with Gasteiger partial charge in [0.15, 0.2) is 15.7 Å². The van der Waals surface area contributed by atoms with Gasteiger partial charge in [0, 0.05) is 17.0 Å². The van der Waals surface area contributed by atoms with E-state index in [9.17, 15) is 8.42 Å². The largest absolute Gasteiger partial charge is 0.399 e. The van der Waals surface area contributed by atoms with Gasteiger partial charge in [-0.15, -0.1) is 5.10 Å². The molecular weight excluding hydrogens is 302 g/mol. The molecule has 9 heteroatoms. The summed E-state index contributed by atoms with van der Waals surface area (Å²) in [6.07, 6.45) is 0. The molecule has 0 bridgehead atoms. The van der Waals surface area contributed by atoms with Gasteiger partial charge in [-0.25, -0.2) is 13.1 Å². The smallest absolute Gasteiger partial charge is 0.183 e. The van der Waals surface area contributed by atoms with E-state index in [1.54, 1.807) is 25.1 Å². The van der Waals surface area contributed by atoms with Crippen molar-refractivity contribution in [2.24, 2.45) is 0 Å². The average Bonchev–Trinajstić information content (AvgIpc) is 2.85.